The van der Waals surface area contributed by atoms with Crippen LogP contribution in [0.5, 0.6) is 11.5 Å². The van der Waals surface area contributed by atoms with Crippen molar-refractivity contribution >= 4 is 17.1 Å². The molecule has 0 spiro atoms. The molecule has 0 fully saturated rings. The van der Waals surface area contributed by atoms with Crippen LogP contribution in [0.2, 0.25) is 0 Å². The zero-order valence-electron chi connectivity index (χ0n) is 11.4. The van der Waals surface area contributed by atoms with Gasteiger partial charge in [-0.25, -0.2) is 4.98 Å². The first-order valence-electron chi connectivity index (χ1n) is 6.11. The van der Waals surface area contributed by atoms with Crippen LogP contribution in [-0.4, -0.2) is 34.2 Å². The van der Waals surface area contributed by atoms with Crippen LogP contribution in [0.1, 0.15) is 0 Å². The maximum Gasteiger partial charge on any atom is 0.278 e. The number of anilines is 1. The second kappa shape index (κ2) is 4.82. The number of methoxy groups -OCH3 is 2. The predicted molar refractivity (Wildman–Crippen MR) is 77.5 cm³/mol. The summed E-state index contributed by atoms with van der Waals surface area (Å²) < 4.78 is 10.6. The molecule has 4 N–H and O–H groups in total. The average Bonchev–Trinajstić information content (AvgIpc) is 2.90. The molecule has 2 heterocycles. The van der Waals surface area contributed by atoms with E-state index in [2.05, 4.69) is 19.9 Å². The van der Waals surface area contributed by atoms with E-state index in [9.17, 15) is 4.79 Å². The molecule has 0 saturated carbocycles. The van der Waals surface area contributed by atoms with Gasteiger partial charge < -0.3 is 20.2 Å². The third-order valence-electron chi connectivity index (χ3n) is 3.04. The van der Waals surface area contributed by atoms with Gasteiger partial charge in [-0.1, -0.05) is 6.07 Å². The number of nitrogen functional groups attached to an aromatic ring is 1. The Balaban J connectivity index is 2.31. The molecule has 0 unspecified atom stereocenters. The van der Waals surface area contributed by atoms with E-state index in [0.717, 1.165) is 0 Å². The number of aromatic amines is 2. The highest BCUT2D eigenvalue weighted by Crippen LogP contribution is 2.36. The number of fused-ring (bicyclic) bond motifs is 1. The molecule has 1 aromatic carbocycles. The lowest BCUT2D eigenvalue weighted by Crippen LogP contribution is -2.10. The maximum absolute atomic E-state index is 11.8. The molecule has 2 aromatic heterocycles. The first-order valence-corrected chi connectivity index (χ1v) is 6.11. The lowest BCUT2D eigenvalue weighted by molar-refractivity contribution is 0.397. The van der Waals surface area contributed by atoms with Gasteiger partial charge in [-0.15, -0.1) is 0 Å². The smallest absolute Gasteiger partial charge is 0.278 e. The van der Waals surface area contributed by atoms with E-state index in [1.165, 1.54) is 0 Å². The summed E-state index contributed by atoms with van der Waals surface area (Å²) in [6.07, 6.45) is 0. The summed E-state index contributed by atoms with van der Waals surface area (Å²) in [5.74, 6) is 1.57. The lowest BCUT2D eigenvalue weighted by atomic mass is 10.1. The Hall–Kier alpha value is -3.03. The van der Waals surface area contributed by atoms with E-state index in [1.807, 2.05) is 0 Å². The Morgan fingerprint density at radius 1 is 1.10 bits per heavy atom. The summed E-state index contributed by atoms with van der Waals surface area (Å²) in [6, 6.07) is 5.35. The Kier molecular flexibility index (Phi) is 2.98. The number of nitrogens with two attached hydrogens (primary N) is 1. The van der Waals surface area contributed by atoms with Crippen molar-refractivity contribution < 1.29 is 9.47 Å². The minimum Gasteiger partial charge on any atom is -0.496 e. The fourth-order valence-electron chi connectivity index (χ4n) is 2.13. The lowest BCUT2D eigenvalue weighted by Gasteiger charge is -2.10. The van der Waals surface area contributed by atoms with Crippen molar-refractivity contribution in [3.05, 3.63) is 28.6 Å². The highest BCUT2D eigenvalue weighted by Gasteiger charge is 2.17. The average molecular weight is 287 g/mol. The summed E-state index contributed by atoms with van der Waals surface area (Å²) in [5.41, 5.74) is 6.22. The van der Waals surface area contributed by atoms with E-state index in [-0.39, 0.29) is 22.7 Å². The quantitative estimate of drug-likeness (QED) is 0.659. The largest absolute Gasteiger partial charge is 0.496 e. The van der Waals surface area contributed by atoms with Crippen LogP contribution in [-0.2, 0) is 0 Å². The molecule has 0 bridgehead atoms. The van der Waals surface area contributed by atoms with Crippen LogP contribution in [0.4, 0.5) is 5.95 Å². The Morgan fingerprint density at radius 2 is 1.76 bits per heavy atom. The van der Waals surface area contributed by atoms with Gasteiger partial charge in [-0.2, -0.15) is 4.98 Å². The Labute approximate surface area is 118 Å². The number of hydrogen-bond donors (Lipinski definition) is 3. The SMILES string of the molecule is COc1cccc(OC)c1-c1nc2nc(N)[nH]c(=O)c2[nH]1. The van der Waals surface area contributed by atoms with Crippen molar-refractivity contribution in [3.8, 4) is 22.9 Å². The van der Waals surface area contributed by atoms with Gasteiger partial charge >= 0.3 is 0 Å². The maximum atomic E-state index is 11.8. The summed E-state index contributed by atoms with van der Waals surface area (Å²) in [7, 11) is 3.09. The first-order chi connectivity index (χ1) is 10.1. The molecule has 0 atom stereocenters. The van der Waals surface area contributed by atoms with Crippen LogP contribution in [0, 0.1) is 0 Å². The summed E-state index contributed by atoms with van der Waals surface area (Å²) in [5, 5.41) is 0. The van der Waals surface area contributed by atoms with Gasteiger partial charge in [0.15, 0.2) is 11.2 Å². The molecule has 108 valence electrons. The number of hydrogen-bond acceptors (Lipinski definition) is 6. The van der Waals surface area contributed by atoms with Crippen LogP contribution >= 0.6 is 0 Å². The van der Waals surface area contributed by atoms with Crippen LogP contribution < -0.4 is 20.8 Å². The third-order valence-corrected chi connectivity index (χ3v) is 3.04. The number of aromatic nitrogens is 4. The number of rotatable bonds is 3. The molecule has 3 rings (SSSR count). The zero-order valence-corrected chi connectivity index (χ0v) is 11.4. The summed E-state index contributed by atoms with van der Waals surface area (Å²) >= 11 is 0. The highest BCUT2D eigenvalue weighted by molar-refractivity contribution is 5.80. The van der Waals surface area contributed by atoms with Crippen LogP contribution in [0.3, 0.4) is 0 Å². The molecule has 0 aliphatic carbocycles. The van der Waals surface area contributed by atoms with Crippen molar-refractivity contribution in [2.24, 2.45) is 0 Å². The van der Waals surface area contributed by atoms with Crippen molar-refractivity contribution in [1.29, 1.82) is 0 Å². The van der Waals surface area contributed by atoms with Crippen molar-refractivity contribution in [3.63, 3.8) is 0 Å². The molecular weight excluding hydrogens is 274 g/mol. The van der Waals surface area contributed by atoms with Gasteiger partial charge in [-0.3, -0.25) is 9.78 Å². The minimum absolute atomic E-state index is 0.0116. The molecule has 8 nitrogen and oxygen atoms in total. The molecule has 3 aromatic rings. The molecule has 0 aliphatic heterocycles. The van der Waals surface area contributed by atoms with Gasteiger partial charge in [-0.05, 0) is 12.1 Å². The minimum atomic E-state index is -0.384. The molecule has 0 amide bonds. The molecule has 0 radical (unpaired) electrons. The third kappa shape index (κ3) is 2.06. The Bertz CT molecular complexity index is 846. The monoisotopic (exact) mass is 287 g/mol. The number of ether oxygens (including phenoxy) is 2. The molecule has 0 aliphatic rings. The summed E-state index contributed by atoms with van der Waals surface area (Å²) in [6.45, 7) is 0. The standard InChI is InChI=1S/C13H13N5O3/c1-20-6-4-3-5-7(21-2)8(6)10-15-9-11(16-10)17-13(14)18-12(9)19/h3-5H,1-2H3,(H4,14,15,16,17,18,19). The topological polar surface area (TPSA) is 119 Å². The van der Waals surface area contributed by atoms with Gasteiger partial charge in [0.25, 0.3) is 5.56 Å². The van der Waals surface area contributed by atoms with Crippen LogP contribution in [0.15, 0.2) is 23.0 Å². The van der Waals surface area contributed by atoms with E-state index >= 15 is 0 Å². The second-order valence-electron chi connectivity index (χ2n) is 4.27. The van der Waals surface area contributed by atoms with Crippen molar-refractivity contribution in [2.45, 2.75) is 0 Å². The number of nitrogens with one attached hydrogen (secondary N) is 2. The number of H-pyrrole nitrogens is 2. The fraction of sp³-hybridized carbons (Fsp3) is 0.154. The number of benzene rings is 1. The van der Waals surface area contributed by atoms with Gasteiger partial charge in [0.2, 0.25) is 5.95 Å². The van der Waals surface area contributed by atoms with Gasteiger partial charge in [0.05, 0.1) is 14.2 Å². The number of nitrogens with zero attached hydrogens (tertiary/aromatic N) is 2. The fourth-order valence-corrected chi connectivity index (χ4v) is 2.13. The Morgan fingerprint density at radius 3 is 2.38 bits per heavy atom. The van der Waals surface area contributed by atoms with E-state index in [4.69, 9.17) is 15.2 Å². The van der Waals surface area contributed by atoms with E-state index < -0.39 is 0 Å². The molecule has 8 heteroatoms. The van der Waals surface area contributed by atoms with Crippen molar-refractivity contribution in [1.82, 2.24) is 19.9 Å². The van der Waals surface area contributed by atoms with Crippen LogP contribution in [0.25, 0.3) is 22.6 Å². The first kappa shape index (κ1) is 13.0. The zero-order chi connectivity index (χ0) is 15.0. The predicted octanol–water partition coefficient (Wildman–Crippen LogP) is 0.913. The van der Waals surface area contributed by atoms with E-state index in [0.29, 0.717) is 22.9 Å². The van der Waals surface area contributed by atoms with E-state index in [1.54, 1.807) is 32.4 Å². The second-order valence-corrected chi connectivity index (χ2v) is 4.27. The highest BCUT2D eigenvalue weighted by atomic mass is 16.5. The normalized spacial score (nSPS) is 10.8. The summed E-state index contributed by atoms with van der Waals surface area (Å²) in [4.78, 5) is 25.5. The van der Waals surface area contributed by atoms with Gasteiger partial charge in [0.1, 0.15) is 22.9 Å². The van der Waals surface area contributed by atoms with Gasteiger partial charge in [0, 0.05) is 0 Å². The molecular formula is C13H13N5O3. The molecule has 0 saturated heterocycles. The number of imidazole rings is 1. The molecule has 21 heavy (non-hydrogen) atoms. The van der Waals surface area contributed by atoms with Crippen molar-refractivity contribution in [2.75, 3.05) is 20.0 Å².